The molecule has 3 saturated heterocycles. The highest BCUT2D eigenvalue weighted by Gasteiger charge is 2.37. The van der Waals surface area contributed by atoms with Gasteiger partial charge in [0.2, 0.25) is 0 Å². The second kappa shape index (κ2) is 6.83. The number of rotatable bonds is 6. The van der Waals surface area contributed by atoms with E-state index in [0.717, 1.165) is 24.4 Å². The summed E-state index contributed by atoms with van der Waals surface area (Å²) in [4.78, 5) is 9.41. The van der Waals surface area contributed by atoms with Gasteiger partial charge in [0.05, 0.1) is 0 Å². The maximum atomic E-state index is 2.84. The van der Waals surface area contributed by atoms with Gasteiger partial charge in [0.15, 0.2) is 0 Å². The first-order valence-electron chi connectivity index (χ1n) is 9.33. The molecule has 2 atom stereocenters. The predicted octanol–water partition coefficient (Wildman–Crippen LogP) is 3.12. The van der Waals surface area contributed by atoms with Crippen LogP contribution in [0.4, 0.5) is 0 Å². The zero-order valence-electron chi connectivity index (χ0n) is 14.7. The van der Waals surface area contributed by atoms with Crippen molar-refractivity contribution in [2.45, 2.75) is 44.8 Å². The predicted molar refractivity (Wildman–Crippen MR) is 97.8 cm³/mol. The number of fused-ring (bicyclic) bond motifs is 4. The largest absolute Gasteiger partial charge is 0.305 e. The average Bonchev–Trinajstić information content (AvgIpc) is 3.26. The van der Waals surface area contributed by atoms with Gasteiger partial charge in [0.25, 0.3) is 0 Å². The molecule has 0 aromatic carbocycles. The van der Waals surface area contributed by atoms with Crippen LogP contribution in [-0.2, 0) is 13.1 Å². The van der Waals surface area contributed by atoms with Crippen molar-refractivity contribution in [3.05, 3.63) is 21.9 Å². The van der Waals surface area contributed by atoms with Gasteiger partial charge in [-0.05, 0) is 68.6 Å². The summed E-state index contributed by atoms with van der Waals surface area (Å²) in [6.07, 6.45) is 5.87. The maximum Gasteiger partial charge on any atom is 0.0328 e. The lowest BCUT2D eigenvalue weighted by molar-refractivity contribution is 0.125. The minimum absolute atomic E-state index is 0.829. The molecule has 1 saturated carbocycles. The van der Waals surface area contributed by atoms with E-state index >= 15 is 0 Å². The van der Waals surface area contributed by atoms with E-state index in [-0.39, 0.29) is 0 Å². The normalized spacial score (nSPS) is 29.3. The van der Waals surface area contributed by atoms with Crippen LogP contribution in [0.25, 0.3) is 0 Å². The summed E-state index contributed by atoms with van der Waals surface area (Å²) in [6.45, 7) is 7.61. The fraction of sp³-hybridized carbons (Fsp3) is 0.789. The number of hydrogen-bond donors (Lipinski definition) is 0. The average molecular weight is 334 g/mol. The van der Waals surface area contributed by atoms with Crippen LogP contribution in [0.15, 0.2) is 11.4 Å². The van der Waals surface area contributed by atoms with Crippen LogP contribution in [0.3, 0.4) is 0 Å². The van der Waals surface area contributed by atoms with E-state index in [1.165, 1.54) is 64.0 Å². The molecule has 3 aliphatic heterocycles. The molecule has 3 nitrogen and oxygen atoms in total. The zero-order valence-corrected chi connectivity index (χ0v) is 15.5. The lowest BCUT2D eigenvalue weighted by Gasteiger charge is -2.36. The van der Waals surface area contributed by atoms with E-state index in [9.17, 15) is 0 Å². The van der Waals surface area contributed by atoms with Crippen molar-refractivity contribution in [1.82, 2.24) is 14.7 Å². The van der Waals surface area contributed by atoms with Gasteiger partial charge < -0.3 is 4.90 Å². The molecule has 0 N–H and O–H groups in total. The third kappa shape index (κ3) is 4.16. The first-order chi connectivity index (χ1) is 11.2. The summed E-state index contributed by atoms with van der Waals surface area (Å²) >= 11 is 1.95. The Kier molecular flexibility index (Phi) is 4.77. The number of thiophene rings is 1. The van der Waals surface area contributed by atoms with Gasteiger partial charge in [-0.3, -0.25) is 9.80 Å². The van der Waals surface area contributed by atoms with E-state index in [2.05, 4.69) is 40.2 Å². The number of piperidine rings is 1. The summed E-state index contributed by atoms with van der Waals surface area (Å²) in [5, 5.41) is 2.35. The fourth-order valence-electron chi connectivity index (χ4n) is 4.44. The molecular formula is C19H31N3S. The van der Waals surface area contributed by atoms with E-state index < -0.39 is 0 Å². The van der Waals surface area contributed by atoms with E-state index in [1.54, 1.807) is 4.88 Å². The van der Waals surface area contributed by atoms with E-state index in [1.807, 2.05) is 11.3 Å². The summed E-state index contributed by atoms with van der Waals surface area (Å²) in [7, 11) is 4.30. The van der Waals surface area contributed by atoms with Crippen LogP contribution in [0.1, 0.15) is 36.1 Å². The van der Waals surface area contributed by atoms with Crippen molar-refractivity contribution < 1.29 is 0 Å². The number of hydrogen-bond acceptors (Lipinski definition) is 4. The molecule has 4 fully saturated rings. The van der Waals surface area contributed by atoms with Gasteiger partial charge >= 0.3 is 0 Å². The first kappa shape index (κ1) is 16.1. The second-order valence-electron chi connectivity index (χ2n) is 8.35. The van der Waals surface area contributed by atoms with Gasteiger partial charge in [-0.15, -0.1) is 11.3 Å². The monoisotopic (exact) mass is 333 g/mol. The molecule has 0 radical (unpaired) electrons. The van der Waals surface area contributed by atoms with Gasteiger partial charge in [0, 0.05) is 50.2 Å². The standard InChI is InChI=1S/C19H31N3S/c1-20(2)8-17-7-19(23-14-17)13-21-9-16-5-6-18(12-21)22(11-16)10-15-3-4-15/h7,14-16,18H,3-6,8-13H2,1-2H3/t16-,18+/m0/s1. The summed E-state index contributed by atoms with van der Waals surface area (Å²) < 4.78 is 0. The van der Waals surface area contributed by atoms with Crippen molar-refractivity contribution in [1.29, 1.82) is 0 Å². The fourth-order valence-corrected chi connectivity index (χ4v) is 5.36. The Morgan fingerprint density at radius 1 is 1.13 bits per heavy atom. The second-order valence-corrected chi connectivity index (χ2v) is 9.34. The Labute approximate surface area is 145 Å². The van der Waals surface area contributed by atoms with Crippen molar-refractivity contribution in [2.24, 2.45) is 11.8 Å². The molecule has 0 spiro atoms. The van der Waals surface area contributed by atoms with Crippen molar-refractivity contribution in [3.8, 4) is 0 Å². The molecule has 4 heterocycles. The quantitative estimate of drug-likeness (QED) is 0.792. The molecule has 1 aromatic rings. The van der Waals surface area contributed by atoms with Gasteiger partial charge in [-0.1, -0.05) is 0 Å². The van der Waals surface area contributed by atoms with E-state index in [0.29, 0.717) is 0 Å². The smallest absolute Gasteiger partial charge is 0.0328 e. The first-order valence-corrected chi connectivity index (χ1v) is 10.2. The molecule has 128 valence electrons. The van der Waals surface area contributed by atoms with Crippen LogP contribution in [0.2, 0.25) is 0 Å². The molecular weight excluding hydrogens is 302 g/mol. The molecule has 1 aliphatic carbocycles. The van der Waals surface area contributed by atoms with Crippen LogP contribution in [-0.4, -0.2) is 61.0 Å². The van der Waals surface area contributed by atoms with Gasteiger partial charge in [0.1, 0.15) is 0 Å². The Hall–Kier alpha value is -0.420. The minimum Gasteiger partial charge on any atom is -0.305 e. The number of nitrogens with zero attached hydrogens (tertiary/aromatic N) is 3. The maximum absolute atomic E-state index is 2.84. The minimum atomic E-state index is 0.829. The van der Waals surface area contributed by atoms with Crippen molar-refractivity contribution in [3.63, 3.8) is 0 Å². The molecule has 2 bridgehead atoms. The van der Waals surface area contributed by atoms with Crippen LogP contribution >= 0.6 is 11.3 Å². The topological polar surface area (TPSA) is 9.72 Å². The Bertz CT molecular complexity index is 522. The SMILES string of the molecule is CN(C)Cc1csc(CN2C[C@@H]3CC[C@H](C2)N(CC2CC2)C3)c1. The molecule has 0 unspecified atom stereocenters. The Balaban J connectivity index is 1.37. The van der Waals surface area contributed by atoms with Gasteiger partial charge in [-0.25, -0.2) is 0 Å². The summed E-state index contributed by atoms with van der Waals surface area (Å²) in [5.41, 5.74) is 1.48. The molecule has 4 heteroatoms. The summed E-state index contributed by atoms with van der Waals surface area (Å²) in [5.74, 6) is 1.95. The van der Waals surface area contributed by atoms with Crippen LogP contribution in [0, 0.1) is 11.8 Å². The molecule has 0 amide bonds. The third-order valence-electron chi connectivity index (χ3n) is 5.68. The summed E-state index contributed by atoms with van der Waals surface area (Å²) in [6, 6.07) is 3.26. The molecule has 4 aliphatic rings. The van der Waals surface area contributed by atoms with Crippen molar-refractivity contribution >= 4 is 11.3 Å². The lowest BCUT2D eigenvalue weighted by Crippen LogP contribution is -2.44. The zero-order chi connectivity index (χ0) is 15.8. The van der Waals surface area contributed by atoms with Crippen molar-refractivity contribution in [2.75, 3.05) is 40.3 Å². The van der Waals surface area contributed by atoms with Crippen LogP contribution < -0.4 is 0 Å². The highest BCUT2D eigenvalue weighted by atomic mass is 32.1. The highest BCUT2D eigenvalue weighted by Crippen LogP contribution is 2.35. The Morgan fingerprint density at radius 3 is 2.78 bits per heavy atom. The highest BCUT2D eigenvalue weighted by molar-refractivity contribution is 7.10. The molecule has 1 aromatic heterocycles. The van der Waals surface area contributed by atoms with Gasteiger partial charge in [-0.2, -0.15) is 0 Å². The lowest BCUT2D eigenvalue weighted by atomic mass is 9.95. The van der Waals surface area contributed by atoms with Crippen LogP contribution in [0.5, 0.6) is 0 Å². The third-order valence-corrected chi connectivity index (χ3v) is 6.65. The van der Waals surface area contributed by atoms with E-state index in [4.69, 9.17) is 0 Å². The molecule has 5 rings (SSSR count). The Morgan fingerprint density at radius 2 is 2.00 bits per heavy atom. The molecule has 23 heavy (non-hydrogen) atoms.